The Balaban J connectivity index is 1.40. The molecule has 25 heavy (non-hydrogen) atoms. The lowest BCUT2D eigenvalue weighted by Gasteiger charge is -2.15. The molecule has 2 heterocycles. The molecule has 2 aromatic rings. The van der Waals surface area contributed by atoms with E-state index in [0.717, 1.165) is 22.6 Å². The van der Waals surface area contributed by atoms with Gasteiger partial charge in [-0.05, 0) is 41.5 Å². The number of amides is 1. The minimum Gasteiger partial charge on any atom is -0.454 e. The molecule has 0 radical (unpaired) electrons. The van der Waals surface area contributed by atoms with Crippen LogP contribution in [0.5, 0.6) is 23.0 Å². The summed E-state index contributed by atoms with van der Waals surface area (Å²) < 4.78 is 21.3. The van der Waals surface area contributed by atoms with E-state index in [0.29, 0.717) is 18.0 Å². The highest BCUT2D eigenvalue weighted by molar-refractivity contribution is 5.91. The Hall–Kier alpha value is -3.15. The molecule has 2 aliphatic rings. The molecule has 0 aliphatic carbocycles. The Morgan fingerprint density at radius 2 is 1.60 bits per heavy atom. The average molecular weight is 339 g/mol. The summed E-state index contributed by atoms with van der Waals surface area (Å²) in [6.07, 6.45) is 3.31. The highest BCUT2D eigenvalue weighted by Gasteiger charge is 2.15. The van der Waals surface area contributed by atoms with Gasteiger partial charge in [-0.25, -0.2) is 0 Å². The summed E-state index contributed by atoms with van der Waals surface area (Å²) in [6, 6.07) is 11.3. The van der Waals surface area contributed by atoms with Gasteiger partial charge < -0.3 is 23.8 Å². The van der Waals surface area contributed by atoms with Crippen molar-refractivity contribution in [3.8, 4) is 23.0 Å². The molecule has 0 saturated heterocycles. The second kappa shape index (κ2) is 6.39. The molecule has 0 spiro atoms. The molecule has 0 fully saturated rings. The first-order chi connectivity index (χ1) is 12.2. The van der Waals surface area contributed by atoms with E-state index in [-0.39, 0.29) is 19.5 Å². The van der Waals surface area contributed by atoms with Crippen molar-refractivity contribution in [2.45, 2.75) is 6.54 Å². The number of nitrogens with zero attached hydrogens (tertiary/aromatic N) is 1. The quantitative estimate of drug-likeness (QED) is 0.802. The molecule has 4 rings (SSSR count). The zero-order valence-corrected chi connectivity index (χ0v) is 13.7. The molecule has 0 atom stereocenters. The summed E-state index contributed by atoms with van der Waals surface area (Å²) in [5, 5.41) is 0. The maximum Gasteiger partial charge on any atom is 0.246 e. The molecule has 0 bridgehead atoms. The molecule has 6 heteroatoms. The van der Waals surface area contributed by atoms with Gasteiger partial charge in [0.15, 0.2) is 23.0 Å². The second-order valence-electron chi connectivity index (χ2n) is 5.83. The monoisotopic (exact) mass is 339 g/mol. The summed E-state index contributed by atoms with van der Waals surface area (Å²) in [5.41, 5.74) is 1.87. The number of carbonyl (C=O) groups excluding carboxylic acids is 1. The van der Waals surface area contributed by atoms with Crippen LogP contribution in [0.3, 0.4) is 0 Å². The Kier molecular flexibility index (Phi) is 3.93. The van der Waals surface area contributed by atoms with E-state index in [9.17, 15) is 4.79 Å². The van der Waals surface area contributed by atoms with Crippen LogP contribution in [0.25, 0.3) is 6.08 Å². The maximum absolute atomic E-state index is 12.3. The van der Waals surface area contributed by atoms with Crippen molar-refractivity contribution in [2.75, 3.05) is 20.6 Å². The number of likely N-dealkylation sites (N-methyl/N-ethyl adjacent to an activating group) is 1. The van der Waals surface area contributed by atoms with Crippen molar-refractivity contribution in [3.63, 3.8) is 0 Å². The Labute approximate surface area is 145 Å². The number of rotatable bonds is 4. The van der Waals surface area contributed by atoms with Crippen LogP contribution in [0.4, 0.5) is 0 Å². The van der Waals surface area contributed by atoms with Gasteiger partial charge in [-0.1, -0.05) is 12.1 Å². The first kappa shape index (κ1) is 15.4. The number of hydrogen-bond acceptors (Lipinski definition) is 5. The van der Waals surface area contributed by atoms with Crippen molar-refractivity contribution in [3.05, 3.63) is 53.6 Å². The van der Waals surface area contributed by atoms with Gasteiger partial charge in [-0.15, -0.1) is 0 Å². The standard InChI is InChI=1S/C19H17NO5/c1-20(10-14-3-6-16-18(9-14)25-12-23-16)19(21)7-4-13-2-5-15-17(8-13)24-11-22-15/h2-9H,10-12H2,1H3/b7-4+. The summed E-state index contributed by atoms with van der Waals surface area (Å²) in [5.74, 6) is 2.79. The summed E-state index contributed by atoms with van der Waals surface area (Å²) in [4.78, 5) is 14.0. The predicted octanol–water partition coefficient (Wildman–Crippen LogP) is 2.82. The first-order valence-corrected chi connectivity index (χ1v) is 7.90. The fourth-order valence-electron chi connectivity index (χ4n) is 2.70. The maximum atomic E-state index is 12.3. The van der Waals surface area contributed by atoms with Gasteiger partial charge in [0.25, 0.3) is 0 Å². The van der Waals surface area contributed by atoms with Crippen molar-refractivity contribution in [2.24, 2.45) is 0 Å². The van der Waals surface area contributed by atoms with E-state index in [1.807, 2.05) is 36.4 Å². The summed E-state index contributed by atoms with van der Waals surface area (Å²) >= 11 is 0. The fraction of sp³-hybridized carbons (Fsp3) is 0.211. The third-order valence-electron chi connectivity index (χ3n) is 4.05. The molecule has 2 aromatic carbocycles. The third-order valence-corrected chi connectivity index (χ3v) is 4.05. The SMILES string of the molecule is CN(Cc1ccc2c(c1)OCO2)C(=O)/C=C/c1ccc2c(c1)OCO2. The molecule has 1 amide bonds. The Morgan fingerprint density at radius 1 is 0.960 bits per heavy atom. The number of carbonyl (C=O) groups is 1. The molecule has 0 N–H and O–H groups in total. The van der Waals surface area contributed by atoms with Gasteiger partial charge in [0.2, 0.25) is 19.5 Å². The van der Waals surface area contributed by atoms with Crippen molar-refractivity contribution >= 4 is 12.0 Å². The number of hydrogen-bond donors (Lipinski definition) is 0. The number of benzene rings is 2. The molecule has 0 aromatic heterocycles. The predicted molar refractivity (Wildman–Crippen MR) is 90.6 cm³/mol. The van der Waals surface area contributed by atoms with Gasteiger partial charge in [0.05, 0.1) is 0 Å². The Morgan fingerprint density at radius 3 is 2.36 bits per heavy atom. The molecule has 0 unspecified atom stereocenters. The van der Waals surface area contributed by atoms with Gasteiger partial charge in [-0.2, -0.15) is 0 Å². The fourth-order valence-corrected chi connectivity index (χ4v) is 2.70. The second-order valence-corrected chi connectivity index (χ2v) is 5.83. The van der Waals surface area contributed by atoms with Crippen LogP contribution in [-0.4, -0.2) is 31.4 Å². The van der Waals surface area contributed by atoms with E-state index < -0.39 is 0 Å². The van der Waals surface area contributed by atoms with Crippen LogP contribution in [0.15, 0.2) is 42.5 Å². The van der Waals surface area contributed by atoms with Crippen molar-refractivity contribution in [1.29, 1.82) is 0 Å². The van der Waals surface area contributed by atoms with E-state index in [4.69, 9.17) is 18.9 Å². The summed E-state index contributed by atoms with van der Waals surface area (Å²) in [6.45, 7) is 0.965. The van der Waals surface area contributed by atoms with Crippen LogP contribution in [0, 0.1) is 0 Å². The van der Waals surface area contributed by atoms with E-state index in [1.54, 1.807) is 24.1 Å². The third kappa shape index (κ3) is 3.24. The van der Waals surface area contributed by atoms with Crippen LogP contribution in [0.1, 0.15) is 11.1 Å². The molecule has 128 valence electrons. The van der Waals surface area contributed by atoms with E-state index in [1.165, 1.54) is 0 Å². The molecule has 0 saturated carbocycles. The van der Waals surface area contributed by atoms with Crippen LogP contribution in [-0.2, 0) is 11.3 Å². The highest BCUT2D eigenvalue weighted by atomic mass is 16.7. The molecular formula is C19H17NO5. The van der Waals surface area contributed by atoms with Crippen LogP contribution < -0.4 is 18.9 Å². The normalized spacial score (nSPS) is 14.1. The first-order valence-electron chi connectivity index (χ1n) is 7.90. The van der Waals surface area contributed by atoms with Crippen LogP contribution in [0.2, 0.25) is 0 Å². The lowest BCUT2D eigenvalue weighted by atomic mass is 10.1. The smallest absolute Gasteiger partial charge is 0.246 e. The summed E-state index contributed by atoms with van der Waals surface area (Å²) in [7, 11) is 1.76. The van der Waals surface area contributed by atoms with Crippen molar-refractivity contribution in [1.82, 2.24) is 4.90 Å². The molecule has 6 nitrogen and oxygen atoms in total. The Bertz CT molecular complexity index is 846. The average Bonchev–Trinajstić information content (AvgIpc) is 3.27. The molecule has 2 aliphatic heterocycles. The minimum atomic E-state index is -0.0877. The van der Waals surface area contributed by atoms with E-state index in [2.05, 4.69) is 0 Å². The zero-order valence-electron chi connectivity index (χ0n) is 13.7. The van der Waals surface area contributed by atoms with Gasteiger partial charge >= 0.3 is 0 Å². The van der Waals surface area contributed by atoms with Gasteiger partial charge in [-0.3, -0.25) is 4.79 Å². The lowest BCUT2D eigenvalue weighted by Crippen LogP contribution is -2.24. The minimum absolute atomic E-state index is 0.0877. The number of ether oxygens (including phenoxy) is 4. The van der Waals surface area contributed by atoms with Gasteiger partial charge in [0.1, 0.15) is 0 Å². The van der Waals surface area contributed by atoms with Crippen LogP contribution >= 0.6 is 0 Å². The van der Waals surface area contributed by atoms with Gasteiger partial charge in [0, 0.05) is 19.7 Å². The highest BCUT2D eigenvalue weighted by Crippen LogP contribution is 2.33. The van der Waals surface area contributed by atoms with E-state index >= 15 is 0 Å². The number of fused-ring (bicyclic) bond motifs is 2. The topological polar surface area (TPSA) is 57.2 Å². The largest absolute Gasteiger partial charge is 0.454 e. The lowest BCUT2D eigenvalue weighted by molar-refractivity contribution is -0.125. The zero-order chi connectivity index (χ0) is 17.2. The van der Waals surface area contributed by atoms with Crippen molar-refractivity contribution < 1.29 is 23.7 Å². The molecular weight excluding hydrogens is 322 g/mol.